The molecular formula is C19H18N2O4S2. The maximum atomic E-state index is 12.2. The molecule has 0 aliphatic heterocycles. The van der Waals surface area contributed by atoms with Gasteiger partial charge >= 0.3 is 6.03 Å². The van der Waals surface area contributed by atoms with Crippen LogP contribution in [-0.4, -0.2) is 31.0 Å². The van der Waals surface area contributed by atoms with E-state index in [1.807, 2.05) is 35.7 Å². The number of sulfone groups is 1. The number of carbonyl (C=O) groups excluding carboxylic acids is 1. The summed E-state index contributed by atoms with van der Waals surface area (Å²) in [5, 5.41) is 12.0. The molecule has 6 nitrogen and oxygen atoms in total. The number of hydrogen-bond donors (Lipinski definition) is 2. The van der Waals surface area contributed by atoms with Gasteiger partial charge < -0.3 is 5.73 Å². The van der Waals surface area contributed by atoms with Crippen LogP contribution in [0.2, 0.25) is 0 Å². The summed E-state index contributed by atoms with van der Waals surface area (Å²) < 4.78 is 24.5. The Morgan fingerprint density at radius 3 is 2.33 bits per heavy atom. The second-order valence-electron chi connectivity index (χ2n) is 5.98. The van der Waals surface area contributed by atoms with E-state index in [1.54, 1.807) is 24.3 Å². The first kappa shape index (κ1) is 19.1. The maximum absolute atomic E-state index is 12.2. The van der Waals surface area contributed by atoms with Crippen molar-refractivity contribution < 1.29 is 18.4 Å². The van der Waals surface area contributed by atoms with Crippen molar-refractivity contribution in [3.8, 4) is 22.3 Å². The summed E-state index contributed by atoms with van der Waals surface area (Å²) in [4.78, 5) is 12.2. The van der Waals surface area contributed by atoms with Crippen LogP contribution in [-0.2, 0) is 16.4 Å². The fourth-order valence-corrected chi connectivity index (χ4v) is 4.81. The molecule has 0 bridgehead atoms. The molecule has 27 heavy (non-hydrogen) atoms. The first-order chi connectivity index (χ1) is 12.8. The van der Waals surface area contributed by atoms with Gasteiger partial charge in [0.05, 0.1) is 11.4 Å². The molecule has 0 unspecified atom stereocenters. The molecule has 3 N–H and O–H groups in total. The van der Waals surface area contributed by atoms with Crippen LogP contribution < -0.4 is 5.73 Å². The normalized spacial score (nSPS) is 11.3. The van der Waals surface area contributed by atoms with Crippen molar-refractivity contribution in [1.82, 2.24) is 5.06 Å². The van der Waals surface area contributed by atoms with Crippen LogP contribution in [0.15, 0.2) is 64.9 Å². The van der Waals surface area contributed by atoms with Crippen molar-refractivity contribution in [1.29, 1.82) is 0 Å². The average Bonchev–Trinajstić information content (AvgIpc) is 3.05. The van der Waals surface area contributed by atoms with Gasteiger partial charge in [-0.3, -0.25) is 5.21 Å². The van der Waals surface area contributed by atoms with Gasteiger partial charge in [0.15, 0.2) is 9.84 Å². The molecule has 0 aliphatic rings. The minimum atomic E-state index is -3.44. The van der Waals surface area contributed by atoms with Crippen molar-refractivity contribution in [3.05, 3.63) is 64.9 Å². The number of benzene rings is 2. The number of amides is 2. The number of thiophene rings is 1. The summed E-state index contributed by atoms with van der Waals surface area (Å²) in [7, 11) is -3.44. The largest absolute Gasteiger partial charge is 0.350 e. The summed E-state index contributed by atoms with van der Waals surface area (Å²) in [5.74, 6) is 0. The molecule has 0 fully saturated rings. The number of nitrogens with two attached hydrogens (primary N) is 1. The van der Waals surface area contributed by atoms with E-state index < -0.39 is 15.9 Å². The Balaban J connectivity index is 2.24. The third-order valence-corrected chi connectivity index (χ3v) is 6.18. The molecule has 2 aromatic carbocycles. The Morgan fingerprint density at radius 1 is 1.07 bits per heavy atom. The Hall–Kier alpha value is -2.68. The predicted octanol–water partition coefficient (Wildman–Crippen LogP) is 3.76. The summed E-state index contributed by atoms with van der Waals surface area (Å²) >= 11 is 1.33. The Labute approximate surface area is 161 Å². The van der Waals surface area contributed by atoms with E-state index in [0.29, 0.717) is 15.5 Å². The first-order valence-corrected chi connectivity index (χ1v) is 10.8. The van der Waals surface area contributed by atoms with E-state index in [1.165, 1.54) is 17.6 Å². The molecule has 0 atom stereocenters. The van der Waals surface area contributed by atoms with E-state index in [9.17, 15) is 18.4 Å². The zero-order valence-corrected chi connectivity index (χ0v) is 16.1. The number of hydrogen-bond acceptors (Lipinski definition) is 5. The maximum Gasteiger partial charge on any atom is 0.338 e. The summed E-state index contributed by atoms with van der Waals surface area (Å²) in [6.07, 6.45) is 1.17. The Morgan fingerprint density at radius 2 is 1.70 bits per heavy atom. The van der Waals surface area contributed by atoms with E-state index in [0.717, 1.165) is 16.7 Å². The van der Waals surface area contributed by atoms with Crippen molar-refractivity contribution >= 4 is 27.2 Å². The molecule has 0 saturated carbocycles. The molecule has 0 radical (unpaired) electrons. The van der Waals surface area contributed by atoms with Gasteiger partial charge in [0.2, 0.25) is 0 Å². The SMILES string of the molecule is CS(=O)(=O)c1ccccc1-c1csc(CN(O)C(N)=O)c1-c1ccccc1. The fraction of sp³-hybridized carbons (Fsp3) is 0.105. The van der Waals surface area contributed by atoms with E-state index in [-0.39, 0.29) is 11.4 Å². The third kappa shape index (κ3) is 4.02. The quantitative estimate of drug-likeness (QED) is 0.501. The van der Waals surface area contributed by atoms with Crippen LogP contribution in [0.1, 0.15) is 4.88 Å². The molecule has 3 rings (SSSR count). The number of primary amides is 1. The minimum absolute atomic E-state index is 0.0920. The fourth-order valence-electron chi connectivity index (χ4n) is 2.86. The van der Waals surface area contributed by atoms with Crippen molar-refractivity contribution in [2.45, 2.75) is 11.4 Å². The summed E-state index contributed by atoms with van der Waals surface area (Å²) in [5.41, 5.74) is 8.04. The average molecular weight is 402 g/mol. The van der Waals surface area contributed by atoms with Crippen molar-refractivity contribution in [2.75, 3.05) is 6.26 Å². The van der Waals surface area contributed by atoms with Crippen LogP contribution in [0.4, 0.5) is 4.79 Å². The monoisotopic (exact) mass is 402 g/mol. The number of rotatable bonds is 5. The highest BCUT2D eigenvalue weighted by Crippen LogP contribution is 2.42. The number of hydroxylamine groups is 2. The topological polar surface area (TPSA) is 101 Å². The van der Waals surface area contributed by atoms with Crippen molar-refractivity contribution in [3.63, 3.8) is 0 Å². The molecular weight excluding hydrogens is 384 g/mol. The minimum Gasteiger partial charge on any atom is -0.350 e. The van der Waals surface area contributed by atoms with Crippen LogP contribution in [0.3, 0.4) is 0 Å². The van der Waals surface area contributed by atoms with Crippen LogP contribution in [0.25, 0.3) is 22.3 Å². The lowest BCUT2D eigenvalue weighted by molar-refractivity contribution is -0.0461. The molecule has 1 aromatic heterocycles. The lowest BCUT2D eigenvalue weighted by Crippen LogP contribution is -2.31. The van der Waals surface area contributed by atoms with Gasteiger partial charge in [-0.05, 0) is 17.0 Å². The molecule has 8 heteroatoms. The van der Waals surface area contributed by atoms with Crippen molar-refractivity contribution in [2.24, 2.45) is 5.73 Å². The van der Waals surface area contributed by atoms with Gasteiger partial charge in [0, 0.05) is 27.8 Å². The standard InChI is InChI=1S/C19H18N2O4S2/c1-27(24,25)17-10-6-5-9-14(17)15-12-26-16(11-21(23)19(20)22)18(15)13-7-3-2-4-8-13/h2-10,12,23H,11H2,1H3,(H2,20,22). The zero-order valence-electron chi connectivity index (χ0n) is 14.5. The Kier molecular flexibility index (Phi) is 5.31. The number of carbonyl (C=O) groups is 1. The number of urea groups is 1. The Bertz CT molecular complexity index is 1080. The summed E-state index contributed by atoms with van der Waals surface area (Å²) in [6.45, 7) is -0.0920. The third-order valence-electron chi connectivity index (χ3n) is 4.05. The highest BCUT2D eigenvalue weighted by molar-refractivity contribution is 7.90. The zero-order chi connectivity index (χ0) is 19.6. The van der Waals surface area contributed by atoms with Gasteiger partial charge in [-0.2, -0.15) is 0 Å². The number of nitrogens with zero attached hydrogens (tertiary/aromatic N) is 1. The molecule has 0 saturated heterocycles. The smallest absolute Gasteiger partial charge is 0.338 e. The molecule has 140 valence electrons. The van der Waals surface area contributed by atoms with E-state index in [4.69, 9.17) is 5.73 Å². The van der Waals surface area contributed by atoms with Crippen LogP contribution >= 0.6 is 11.3 Å². The highest BCUT2D eigenvalue weighted by Gasteiger charge is 2.22. The van der Waals surface area contributed by atoms with Gasteiger partial charge in [-0.25, -0.2) is 18.3 Å². The van der Waals surface area contributed by atoms with Gasteiger partial charge in [0.25, 0.3) is 0 Å². The van der Waals surface area contributed by atoms with Gasteiger partial charge in [-0.15, -0.1) is 11.3 Å². The van der Waals surface area contributed by atoms with E-state index >= 15 is 0 Å². The van der Waals surface area contributed by atoms with Crippen LogP contribution in [0, 0.1) is 0 Å². The molecule has 3 aromatic rings. The highest BCUT2D eigenvalue weighted by atomic mass is 32.2. The van der Waals surface area contributed by atoms with E-state index in [2.05, 4.69) is 0 Å². The van der Waals surface area contributed by atoms with Gasteiger partial charge in [0.1, 0.15) is 0 Å². The first-order valence-electron chi connectivity index (χ1n) is 8.00. The van der Waals surface area contributed by atoms with Crippen LogP contribution in [0.5, 0.6) is 0 Å². The predicted molar refractivity (Wildman–Crippen MR) is 105 cm³/mol. The molecule has 0 aliphatic carbocycles. The second kappa shape index (κ2) is 7.51. The lowest BCUT2D eigenvalue weighted by Gasteiger charge is -2.14. The lowest BCUT2D eigenvalue weighted by atomic mass is 9.96. The molecule has 1 heterocycles. The summed E-state index contributed by atoms with van der Waals surface area (Å²) in [6, 6.07) is 15.2. The molecule has 2 amide bonds. The molecule has 0 spiro atoms. The second-order valence-corrected chi connectivity index (χ2v) is 8.93. The van der Waals surface area contributed by atoms with Gasteiger partial charge in [-0.1, -0.05) is 48.5 Å².